The molecule has 0 spiro atoms. The molecule has 0 fully saturated rings. The molecule has 0 aromatic heterocycles. The number of phosphoric acid groups is 1. The number of aliphatic hydroxyl groups is 1. The van der Waals surface area contributed by atoms with E-state index in [-0.39, 0.29) is 19.1 Å². The highest BCUT2D eigenvalue weighted by molar-refractivity contribution is 7.45. The fraction of sp³-hybridized carbons (Fsp3) is 0.936. The third-order valence-corrected chi connectivity index (χ3v) is 19.4. The topological polar surface area (TPSA) is 108 Å². The molecule has 87 heavy (non-hydrogen) atoms. The number of phosphoric ester groups is 1. The van der Waals surface area contributed by atoms with Crippen LogP contribution in [0.1, 0.15) is 418 Å². The molecule has 0 aliphatic rings. The van der Waals surface area contributed by atoms with Gasteiger partial charge in [0, 0.05) is 6.42 Å². The molecule has 0 saturated heterocycles. The molecule has 0 heterocycles. The maximum absolute atomic E-state index is 13.1. The summed E-state index contributed by atoms with van der Waals surface area (Å²) in [7, 11) is 1.27. The van der Waals surface area contributed by atoms with Gasteiger partial charge in [-0.25, -0.2) is 0 Å². The molecular weight excluding hydrogens is 1090 g/mol. The van der Waals surface area contributed by atoms with Gasteiger partial charge >= 0.3 is 0 Å². The number of nitrogens with zero attached hydrogens (tertiary/aromatic N) is 1. The highest BCUT2D eigenvalue weighted by atomic mass is 31.2. The van der Waals surface area contributed by atoms with Crippen molar-refractivity contribution < 1.29 is 32.9 Å². The van der Waals surface area contributed by atoms with Crippen molar-refractivity contribution in [1.29, 1.82) is 0 Å². The minimum absolute atomic E-state index is 0.00333. The lowest BCUT2D eigenvalue weighted by Crippen LogP contribution is -2.45. The zero-order chi connectivity index (χ0) is 63.4. The SMILES string of the molecule is CCCCCCCCCCCCCCCCCCCCC/C=C/CC/C=C/C(O)C(COP(=O)([O-])OCC[N+](C)(C)C)NC(=O)CCCCCCCCCCCCCCCCCCCCCCCCCCCCCCCCCCCCCCCCCC. The van der Waals surface area contributed by atoms with Gasteiger partial charge in [0.15, 0.2) is 0 Å². The van der Waals surface area contributed by atoms with Crippen LogP contribution in [0.5, 0.6) is 0 Å². The number of aliphatic hydroxyl groups excluding tert-OH is 1. The van der Waals surface area contributed by atoms with Gasteiger partial charge in [0.1, 0.15) is 13.2 Å². The Hall–Kier alpha value is -1.02. The Kier molecular flexibility index (Phi) is 68.5. The number of carbonyl (C=O) groups is 1. The van der Waals surface area contributed by atoms with Crippen molar-refractivity contribution in [2.45, 2.75) is 431 Å². The van der Waals surface area contributed by atoms with E-state index < -0.39 is 20.0 Å². The number of likely N-dealkylation sites (N-methyl/N-ethyl adjacent to an activating group) is 1. The fourth-order valence-electron chi connectivity index (χ4n) is 12.4. The maximum Gasteiger partial charge on any atom is 0.268 e. The largest absolute Gasteiger partial charge is 0.756 e. The van der Waals surface area contributed by atoms with Crippen LogP contribution in [0.4, 0.5) is 0 Å². The van der Waals surface area contributed by atoms with Gasteiger partial charge in [0.25, 0.3) is 7.82 Å². The van der Waals surface area contributed by atoms with Gasteiger partial charge in [-0.05, 0) is 32.1 Å². The number of hydrogen-bond donors (Lipinski definition) is 2. The Bertz CT molecular complexity index is 1470. The first-order valence-electron chi connectivity index (χ1n) is 39.2. The summed E-state index contributed by atoms with van der Waals surface area (Å²) in [6, 6.07) is -0.902. The summed E-state index contributed by atoms with van der Waals surface area (Å²) in [5.74, 6) is -0.197. The zero-order valence-electron chi connectivity index (χ0n) is 59.5. The molecule has 0 saturated carbocycles. The minimum Gasteiger partial charge on any atom is -0.756 e. The van der Waals surface area contributed by atoms with E-state index in [0.717, 1.165) is 38.5 Å². The van der Waals surface area contributed by atoms with Gasteiger partial charge in [-0.15, -0.1) is 0 Å². The molecule has 0 aliphatic heterocycles. The number of hydrogen-bond acceptors (Lipinski definition) is 6. The molecule has 518 valence electrons. The van der Waals surface area contributed by atoms with Crippen LogP contribution in [0, 0.1) is 0 Å². The lowest BCUT2D eigenvalue weighted by molar-refractivity contribution is -0.870. The lowest BCUT2D eigenvalue weighted by Gasteiger charge is -2.29. The van der Waals surface area contributed by atoms with Gasteiger partial charge in [0.05, 0.1) is 39.9 Å². The van der Waals surface area contributed by atoms with Crippen LogP contribution in [0.25, 0.3) is 0 Å². The van der Waals surface area contributed by atoms with Crippen molar-refractivity contribution >= 4 is 13.7 Å². The van der Waals surface area contributed by atoms with E-state index in [0.29, 0.717) is 17.4 Å². The summed E-state index contributed by atoms with van der Waals surface area (Å²) in [4.78, 5) is 25.7. The second-order valence-corrected chi connectivity index (χ2v) is 29.8. The average Bonchev–Trinajstić information content (AvgIpc) is 3.70. The number of rotatable bonds is 74. The Morgan fingerprint density at radius 1 is 0.391 bits per heavy atom. The molecule has 9 heteroatoms. The second kappa shape index (κ2) is 69.3. The first-order chi connectivity index (χ1) is 42.5. The molecule has 0 rings (SSSR count). The van der Waals surface area contributed by atoms with E-state index in [1.54, 1.807) is 6.08 Å². The smallest absolute Gasteiger partial charge is 0.268 e. The van der Waals surface area contributed by atoms with Crippen LogP contribution in [-0.2, 0) is 18.4 Å². The number of unbranched alkanes of at least 4 members (excludes halogenated alkanes) is 59. The van der Waals surface area contributed by atoms with Gasteiger partial charge in [0.2, 0.25) is 5.91 Å². The lowest BCUT2D eigenvalue weighted by atomic mass is 10.0. The number of carbonyl (C=O) groups excluding carboxylic acids is 1. The molecular formula is C78H155N2O6P. The number of quaternary nitrogens is 1. The normalized spacial score (nSPS) is 13.6. The molecule has 0 bridgehead atoms. The number of amides is 1. The summed E-state index contributed by atoms with van der Waals surface area (Å²) < 4.78 is 23.5. The Labute approximate surface area is 545 Å². The minimum atomic E-state index is -4.61. The first-order valence-corrected chi connectivity index (χ1v) is 40.7. The molecule has 0 aliphatic carbocycles. The van der Waals surface area contributed by atoms with Crippen molar-refractivity contribution in [2.24, 2.45) is 0 Å². The molecule has 3 atom stereocenters. The predicted octanol–water partition coefficient (Wildman–Crippen LogP) is 24.8. The van der Waals surface area contributed by atoms with E-state index in [1.807, 2.05) is 27.2 Å². The third-order valence-electron chi connectivity index (χ3n) is 18.4. The van der Waals surface area contributed by atoms with E-state index in [2.05, 4.69) is 31.3 Å². The fourth-order valence-corrected chi connectivity index (χ4v) is 13.1. The van der Waals surface area contributed by atoms with Gasteiger partial charge in [-0.3, -0.25) is 9.36 Å². The van der Waals surface area contributed by atoms with Crippen molar-refractivity contribution in [1.82, 2.24) is 5.32 Å². The molecule has 2 N–H and O–H groups in total. The van der Waals surface area contributed by atoms with Crippen LogP contribution in [0.3, 0.4) is 0 Å². The molecule has 3 unspecified atom stereocenters. The van der Waals surface area contributed by atoms with Crippen LogP contribution in [0.15, 0.2) is 24.3 Å². The van der Waals surface area contributed by atoms with Crippen LogP contribution < -0.4 is 10.2 Å². The molecule has 0 aromatic carbocycles. The maximum atomic E-state index is 13.1. The number of allylic oxidation sites excluding steroid dienone is 3. The van der Waals surface area contributed by atoms with Crippen molar-refractivity contribution in [3.63, 3.8) is 0 Å². The highest BCUT2D eigenvalue weighted by Gasteiger charge is 2.23. The van der Waals surface area contributed by atoms with E-state index in [1.165, 1.54) is 360 Å². The summed E-state index contributed by atoms with van der Waals surface area (Å²) in [5, 5.41) is 14.0. The summed E-state index contributed by atoms with van der Waals surface area (Å²) in [6.45, 7) is 4.70. The van der Waals surface area contributed by atoms with E-state index in [4.69, 9.17) is 9.05 Å². The Balaban J connectivity index is 3.92. The third kappa shape index (κ3) is 72.3. The molecule has 1 amide bonds. The van der Waals surface area contributed by atoms with Crippen LogP contribution >= 0.6 is 7.82 Å². The standard InChI is InChI=1S/C78H155N2O6P/c1-6-8-10-12-14-16-18-20-22-24-26-28-30-32-33-34-35-36-37-38-39-40-41-42-43-44-45-46-48-50-52-54-56-58-60-62-64-66-68-70-72-78(82)79-76(75-86-87(83,84)85-74-73-80(3,4)5)77(81)71-69-67-65-63-61-59-57-55-53-51-49-47-31-29-27-25-23-21-19-17-15-13-11-9-7-2/h61,63,69,71,76-77,81H,6-60,62,64-68,70,72-75H2,1-5H3,(H-,79,82,83,84)/b63-61+,71-69+. The summed E-state index contributed by atoms with van der Waals surface area (Å²) in [5.41, 5.74) is 0. The Morgan fingerprint density at radius 3 is 0.931 bits per heavy atom. The highest BCUT2D eigenvalue weighted by Crippen LogP contribution is 2.38. The van der Waals surface area contributed by atoms with Crippen LogP contribution in [-0.4, -0.2) is 68.5 Å². The van der Waals surface area contributed by atoms with Crippen molar-refractivity contribution in [3.05, 3.63) is 24.3 Å². The predicted molar refractivity (Wildman–Crippen MR) is 381 cm³/mol. The monoisotopic (exact) mass is 1250 g/mol. The van der Waals surface area contributed by atoms with E-state index >= 15 is 0 Å². The van der Waals surface area contributed by atoms with Crippen LogP contribution in [0.2, 0.25) is 0 Å². The van der Waals surface area contributed by atoms with Gasteiger partial charge < -0.3 is 28.8 Å². The average molecular weight is 1250 g/mol. The van der Waals surface area contributed by atoms with Gasteiger partial charge in [-0.2, -0.15) is 0 Å². The molecule has 0 radical (unpaired) electrons. The van der Waals surface area contributed by atoms with E-state index in [9.17, 15) is 19.4 Å². The summed E-state index contributed by atoms with van der Waals surface area (Å²) >= 11 is 0. The number of nitrogens with one attached hydrogen (secondary N) is 1. The quantitative estimate of drug-likeness (QED) is 0.0272. The first kappa shape index (κ1) is 86.0. The molecule has 0 aromatic rings. The summed E-state index contributed by atoms with van der Waals surface area (Å²) in [6.07, 6.45) is 92.2. The van der Waals surface area contributed by atoms with Crippen molar-refractivity contribution in [2.75, 3.05) is 40.9 Å². The second-order valence-electron chi connectivity index (χ2n) is 28.4. The zero-order valence-corrected chi connectivity index (χ0v) is 60.4. The Morgan fingerprint density at radius 2 is 0.644 bits per heavy atom. The van der Waals surface area contributed by atoms with Crippen molar-refractivity contribution in [3.8, 4) is 0 Å². The molecule has 8 nitrogen and oxygen atoms in total. The van der Waals surface area contributed by atoms with Gasteiger partial charge in [-0.1, -0.05) is 404 Å².